The van der Waals surface area contributed by atoms with Crippen LogP contribution in [0.4, 0.5) is 10.2 Å². The lowest BCUT2D eigenvalue weighted by atomic mass is 10.2. The van der Waals surface area contributed by atoms with Crippen LogP contribution < -0.4 is 10.5 Å². The van der Waals surface area contributed by atoms with Crippen LogP contribution in [-0.4, -0.2) is 23.6 Å². The maximum Gasteiger partial charge on any atom is 0.263 e. The number of anilines is 1. The molecule has 0 fully saturated rings. The molecule has 0 unspecified atom stereocenters. The molecule has 0 amide bonds. The van der Waals surface area contributed by atoms with Crippen molar-refractivity contribution in [3.8, 4) is 0 Å². The molecule has 2 aromatic rings. The van der Waals surface area contributed by atoms with Crippen LogP contribution in [0.1, 0.15) is 11.1 Å². The van der Waals surface area contributed by atoms with E-state index in [0.29, 0.717) is 5.56 Å². The van der Waals surface area contributed by atoms with E-state index >= 15 is 0 Å². The highest BCUT2D eigenvalue weighted by molar-refractivity contribution is 7.92. The summed E-state index contributed by atoms with van der Waals surface area (Å²) in [5, 5.41) is 6.11. The number of sulfonamides is 1. The number of nitrogens with one attached hydrogen (secondary N) is 2. The van der Waals surface area contributed by atoms with Gasteiger partial charge in [-0.05, 0) is 24.6 Å². The third kappa shape index (κ3) is 2.78. The summed E-state index contributed by atoms with van der Waals surface area (Å²) >= 11 is 4.78. The molecule has 4 N–H and O–H groups in total. The highest BCUT2D eigenvalue weighted by Gasteiger charge is 2.20. The Balaban J connectivity index is 2.44. The predicted molar refractivity (Wildman–Crippen MR) is 76.4 cm³/mol. The number of H-pyrrole nitrogens is 1. The highest BCUT2D eigenvalue weighted by Crippen LogP contribution is 2.21. The van der Waals surface area contributed by atoms with Gasteiger partial charge in [0.05, 0.1) is 16.7 Å². The molecule has 6 nitrogen and oxygen atoms in total. The van der Waals surface area contributed by atoms with Gasteiger partial charge in [0.1, 0.15) is 16.6 Å². The van der Waals surface area contributed by atoms with E-state index in [9.17, 15) is 12.8 Å². The van der Waals surface area contributed by atoms with Gasteiger partial charge in [-0.2, -0.15) is 5.10 Å². The molecule has 9 heteroatoms. The Bertz CT molecular complexity index is 770. The zero-order valence-electron chi connectivity index (χ0n) is 10.3. The fraction of sp³-hybridized carbons (Fsp3) is 0.0909. The van der Waals surface area contributed by atoms with Gasteiger partial charge in [0, 0.05) is 0 Å². The van der Waals surface area contributed by atoms with Crippen molar-refractivity contribution in [3.05, 3.63) is 41.3 Å². The molecule has 0 saturated heterocycles. The van der Waals surface area contributed by atoms with Gasteiger partial charge in [0.2, 0.25) is 0 Å². The predicted octanol–water partition coefficient (Wildman–Crippen LogP) is 1.29. The van der Waals surface area contributed by atoms with Crippen LogP contribution in [0.15, 0.2) is 29.3 Å². The van der Waals surface area contributed by atoms with Gasteiger partial charge >= 0.3 is 0 Å². The van der Waals surface area contributed by atoms with E-state index in [1.165, 1.54) is 18.3 Å². The maximum absolute atomic E-state index is 13.2. The second-order valence-corrected chi connectivity index (χ2v) is 6.13. The van der Waals surface area contributed by atoms with Crippen LogP contribution in [-0.2, 0) is 10.0 Å². The van der Waals surface area contributed by atoms with Gasteiger partial charge in [0.15, 0.2) is 0 Å². The minimum atomic E-state index is -3.97. The molecule has 106 valence electrons. The molecule has 2 rings (SSSR count). The van der Waals surface area contributed by atoms with Crippen LogP contribution in [0.25, 0.3) is 0 Å². The van der Waals surface area contributed by atoms with Gasteiger partial charge in [-0.1, -0.05) is 18.3 Å². The number of hydrogen-bond donors (Lipinski definition) is 3. The summed E-state index contributed by atoms with van der Waals surface area (Å²) in [6.45, 7) is 1.56. The molecule has 0 aliphatic heterocycles. The number of hydrogen-bond acceptors (Lipinski definition) is 4. The van der Waals surface area contributed by atoms with Crippen molar-refractivity contribution in [2.24, 2.45) is 5.73 Å². The molecule has 0 spiro atoms. The molecule has 0 radical (unpaired) electrons. The Hall–Kier alpha value is -2.00. The SMILES string of the molecule is Cc1ccc(F)cc1S(=O)(=O)Nc1[nH]ncc1C(N)=S. The number of aryl methyl sites for hydroxylation is 1. The van der Waals surface area contributed by atoms with Crippen LogP contribution in [0.5, 0.6) is 0 Å². The van der Waals surface area contributed by atoms with E-state index in [0.717, 1.165) is 6.07 Å². The average Bonchev–Trinajstić information content (AvgIpc) is 2.79. The highest BCUT2D eigenvalue weighted by atomic mass is 32.2. The summed E-state index contributed by atoms with van der Waals surface area (Å²) in [4.78, 5) is -0.173. The second kappa shape index (κ2) is 5.17. The van der Waals surface area contributed by atoms with Crippen molar-refractivity contribution in [1.29, 1.82) is 0 Å². The van der Waals surface area contributed by atoms with Crippen molar-refractivity contribution < 1.29 is 12.8 Å². The quantitative estimate of drug-likeness (QED) is 0.738. The Morgan fingerprint density at radius 3 is 2.85 bits per heavy atom. The molecule has 0 aliphatic rings. The molecule has 1 aromatic carbocycles. The number of aromatic nitrogens is 2. The number of rotatable bonds is 4. The number of nitrogens with zero attached hydrogens (tertiary/aromatic N) is 1. The second-order valence-electron chi connectivity index (χ2n) is 4.04. The molecular weight excluding hydrogens is 303 g/mol. The Kier molecular flexibility index (Phi) is 3.73. The van der Waals surface area contributed by atoms with Gasteiger partial charge in [0.25, 0.3) is 10.0 Å². The van der Waals surface area contributed by atoms with Crippen LogP contribution in [0, 0.1) is 12.7 Å². The zero-order chi connectivity index (χ0) is 14.9. The third-order valence-electron chi connectivity index (χ3n) is 2.58. The first-order chi connectivity index (χ1) is 9.31. The number of benzene rings is 1. The number of nitrogens with two attached hydrogens (primary N) is 1. The molecule has 1 aromatic heterocycles. The number of aromatic amines is 1. The Morgan fingerprint density at radius 2 is 2.20 bits per heavy atom. The summed E-state index contributed by atoms with van der Waals surface area (Å²) in [5.41, 5.74) is 6.12. The lowest BCUT2D eigenvalue weighted by Crippen LogP contribution is -2.18. The molecule has 1 heterocycles. The van der Waals surface area contributed by atoms with E-state index in [-0.39, 0.29) is 21.3 Å². The van der Waals surface area contributed by atoms with Gasteiger partial charge in [-0.15, -0.1) is 0 Å². The lowest BCUT2D eigenvalue weighted by Gasteiger charge is -2.10. The Morgan fingerprint density at radius 1 is 1.50 bits per heavy atom. The molecule has 20 heavy (non-hydrogen) atoms. The first-order valence-corrected chi connectivity index (χ1v) is 7.32. The van der Waals surface area contributed by atoms with Crippen molar-refractivity contribution in [3.63, 3.8) is 0 Å². The average molecular weight is 314 g/mol. The topological polar surface area (TPSA) is 101 Å². The number of thiocarbonyl (C=S) groups is 1. The molecule has 0 aliphatic carbocycles. The van der Waals surface area contributed by atoms with Gasteiger partial charge < -0.3 is 5.73 Å². The number of halogens is 1. The van der Waals surface area contributed by atoms with Gasteiger partial charge in [-0.25, -0.2) is 12.8 Å². The smallest absolute Gasteiger partial charge is 0.263 e. The summed E-state index contributed by atoms with van der Waals surface area (Å²) in [7, 11) is -3.97. The van der Waals surface area contributed by atoms with Crippen LogP contribution in [0.3, 0.4) is 0 Å². The lowest BCUT2D eigenvalue weighted by molar-refractivity contribution is 0.594. The zero-order valence-corrected chi connectivity index (χ0v) is 12.0. The standard InChI is InChI=1S/C11H11FN4O2S2/c1-6-2-3-7(12)4-9(6)20(17,18)16-11-8(10(13)19)5-14-15-11/h2-5H,1H3,(H2,13,19)(H2,14,15,16). The monoisotopic (exact) mass is 314 g/mol. The summed E-state index contributed by atoms with van der Waals surface area (Å²) in [5.74, 6) is -0.601. The fourth-order valence-electron chi connectivity index (χ4n) is 1.60. The van der Waals surface area contributed by atoms with E-state index < -0.39 is 15.8 Å². The van der Waals surface area contributed by atoms with Crippen molar-refractivity contribution in [2.45, 2.75) is 11.8 Å². The molecule has 0 atom stereocenters. The first kappa shape index (κ1) is 14.4. The summed E-state index contributed by atoms with van der Waals surface area (Å²) < 4.78 is 39.9. The first-order valence-electron chi connectivity index (χ1n) is 5.43. The van der Waals surface area contributed by atoms with E-state index in [1.54, 1.807) is 6.92 Å². The normalized spacial score (nSPS) is 11.3. The largest absolute Gasteiger partial charge is 0.389 e. The van der Waals surface area contributed by atoms with Gasteiger partial charge in [-0.3, -0.25) is 9.82 Å². The van der Waals surface area contributed by atoms with E-state index in [1.807, 2.05) is 0 Å². The minimum Gasteiger partial charge on any atom is -0.389 e. The molecule has 0 bridgehead atoms. The third-order valence-corrected chi connectivity index (χ3v) is 4.29. The van der Waals surface area contributed by atoms with Crippen molar-refractivity contribution in [1.82, 2.24) is 10.2 Å². The molecular formula is C11H11FN4O2S2. The van der Waals surface area contributed by atoms with Crippen LogP contribution in [0.2, 0.25) is 0 Å². The van der Waals surface area contributed by atoms with E-state index in [2.05, 4.69) is 14.9 Å². The fourth-order valence-corrected chi connectivity index (χ4v) is 3.05. The minimum absolute atomic E-state index is 0.00702. The van der Waals surface area contributed by atoms with E-state index in [4.69, 9.17) is 18.0 Å². The van der Waals surface area contributed by atoms with Crippen molar-refractivity contribution in [2.75, 3.05) is 4.72 Å². The molecule has 0 saturated carbocycles. The maximum atomic E-state index is 13.2. The summed E-state index contributed by atoms with van der Waals surface area (Å²) in [6, 6.07) is 3.50. The Labute approximate surface area is 120 Å². The van der Waals surface area contributed by atoms with Crippen LogP contribution >= 0.6 is 12.2 Å². The summed E-state index contributed by atoms with van der Waals surface area (Å²) in [6.07, 6.45) is 1.30. The van der Waals surface area contributed by atoms with Crippen molar-refractivity contribution >= 4 is 33.0 Å².